The van der Waals surface area contributed by atoms with Crippen molar-refractivity contribution >= 4 is 11.4 Å². The van der Waals surface area contributed by atoms with Crippen LogP contribution in [0.5, 0.6) is 0 Å². The van der Waals surface area contributed by atoms with Crippen LogP contribution in [0.1, 0.15) is 56.0 Å². The van der Waals surface area contributed by atoms with Crippen molar-refractivity contribution in [3.63, 3.8) is 0 Å². The van der Waals surface area contributed by atoms with Gasteiger partial charge in [0.25, 0.3) is 0 Å². The number of ether oxygens (including phenoxy) is 2. The molecule has 2 aromatic heterocycles. The Morgan fingerprint density at radius 3 is 2.29 bits per heavy atom. The average Bonchev–Trinajstić information content (AvgIpc) is 3.46. The number of aromatic nitrogens is 3. The minimum atomic E-state index is -4.76. The van der Waals surface area contributed by atoms with Gasteiger partial charge in [-0.15, -0.1) is 0 Å². The molecule has 0 radical (unpaired) electrons. The summed E-state index contributed by atoms with van der Waals surface area (Å²) >= 11 is 0. The van der Waals surface area contributed by atoms with E-state index in [1.165, 1.54) is 0 Å². The third-order valence-corrected chi connectivity index (χ3v) is 8.05. The van der Waals surface area contributed by atoms with Gasteiger partial charge >= 0.3 is 6.18 Å². The number of allylic oxidation sites excluding steroid dienone is 1. The van der Waals surface area contributed by atoms with Gasteiger partial charge < -0.3 is 14.8 Å². The lowest BCUT2D eigenvalue weighted by molar-refractivity contribution is -0.0584. The molecule has 2 aliphatic rings. The molecule has 2 aliphatic heterocycles. The molecule has 2 aromatic carbocycles. The molecule has 4 heterocycles. The number of pyridine rings is 1. The average molecular weight is 616 g/mol. The Bertz CT molecular complexity index is 1680. The van der Waals surface area contributed by atoms with E-state index in [0.29, 0.717) is 18.6 Å². The smallest absolute Gasteiger partial charge is 0.360 e. The summed E-state index contributed by atoms with van der Waals surface area (Å²) in [7, 11) is 0. The minimum absolute atomic E-state index is 0.110. The molecule has 2 N–H and O–H groups in total. The molecule has 10 heteroatoms. The van der Waals surface area contributed by atoms with Crippen molar-refractivity contribution in [3.05, 3.63) is 90.1 Å². The van der Waals surface area contributed by atoms with Crippen LogP contribution in [0.4, 0.5) is 13.2 Å². The number of nitrogens with zero attached hydrogens (tertiary/aromatic N) is 3. The summed E-state index contributed by atoms with van der Waals surface area (Å²) in [6, 6.07) is 23.2. The van der Waals surface area contributed by atoms with Gasteiger partial charge in [-0.3, -0.25) is 5.41 Å². The first kappa shape index (κ1) is 30.7. The van der Waals surface area contributed by atoms with Gasteiger partial charge in [-0.2, -0.15) is 18.3 Å². The zero-order valence-electron chi connectivity index (χ0n) is 25.1. The molecule has 2 atom stereocenters. The summed E-state index contributed by atoms with van der Waals surface area (Å²) in [5.74, 6) is 0. The highest BCUT2D eigenvalue weighted by Gasteiger charge is 2.33. The molecular weight excluding hydrogens is 579 g/mol. The van der Waals surface area contributed by atoms with Gasteiger partial charge in [0.15, 0.2) is 6.23 Å². The van der Waals surface area contributed by atoms with Gasteiger partial charge in [0.2, 0.25) is 0 Å². The summed E-state index contributed by atoms with van der Waals surface area (Å²) in [6.45, 7) is 3.23. The molecule has 4 aromatic rings. The maximum atomic E-state index is 13.4. The van der Waals surface area contributed by atoms with E-state index in [4.69, 9.17) is 25.0 Å². The number of rotatable bonds is 8. The van der Waals surface area contributed by atoms with Crippen molar-refractivity contribution in [2.24, 2.45) is 0 Å². The fraction of sp³-hybridized carbons (Fsp3) is 0.343. The Balaban J connectivity index is 1.31. The number of hydrogen-bond acceptors (Lipinski definition) is 6. The van der Waals surface area contributed by atoms with Crippen molar-refractivity contribution in [1.29, 1.82) is 5.41 Å². The maximum absolute atomic E-state index is 13.4. The first-order valence-corrected chi connectivity index (χ1v) is 15.4. The zero-order valence-corrected chi connectivity index (χ0v) is 25.1. The largest absolute Gasteiger partial charge is 0.432 e. The van der Waals surface area contributed by atoms with Crippen LogP contribution in [-0.4, -0.2) is 46.1 Å². The van der Waals surface area contributed by atoms with E-state index in [-0.39, 0.29) is 11.9 Å². The van der Waals surface area contributed by atoms with E-state index >= 15 is 0 Å². The predicted octanol–water partition coefficient (Wildman–Crippen LogP) is 8.33. The van der Waals surface area contributed by atoms with Crippen molar-refractivity contribution in [2.75, 3.05) is 13.2 Å². The number of benzene rings is 2. The maximum Gasteiger partial charge on any atom is 0.432 e. The normalized spacial score (nSPS) is 19.3. The van der Waals surface area contributed by atoms with Crippen LogP contribution in [0.25, 0.3) is 39.5 Å². The SMILES string of the molecule is Cc1cc(-c2cccc(-c3cccc(-c4cccc(/C(=C/C(=N)C(F)(F)F)NC5CCCCO5)c4)c3)n2)n(C2CCCCO2)n1. The Morgan fingerprint density at radius 1 is 0.867 bits per heavy atom. The van der Waals surface area contributed by atoms with Gasteiger partial charge in [-0.05, 0) is 98.5 Å². The third kappa shape index (κ3) is 7.34. The van der Waals surface area contributed by atoms with Gasteiger partial charge in [-0.25, -0.2) is 9.67 Å². The van der Waals surface area contributed by atoms with Gasteiger partial charge in [0.1, 0.15) is 11.9 Å². The molecule has 2 saturated heterocycles. The second kappa shape index (κ2) is 13.4. The van der Waals surface area contributed by atoms with Crippen LogP contribution in [0.2, 0.25) is 0 Å². The topological polar surface area (TPSA) is 85.0 Å². The lowest BCUT2D eigenvalue weighted by Gasteiger charge is -2.26. The molecule has 2 unspecified atom stereocenters. The van der Waals surface area contributed by atoms with Crippen LogP contribution < -0.4 is 5.32 Å². The third-order valence-electron chi connectivity index (χ3n) is 8.05. The van der Waals surface area contributed by atoms with Crippen LogP contribution in [0, 0.1) is 12.3 Å². The second-order valence-electron chi connectivity index (χ2n) is 11.5. The zero-order chi connectivity index (χ0) is 31.4. The molecule has 0 bridgehead atoms. The molecule has 0 spiro atoms. The fourth-order valence-corrected chi connectivity index (χ4v) is 5.77. The van der Waals surface area contributed by atoms with Crippen LogP contribution >= 0.6 is 0 Å². The number of hydrogen-bond donors (Lipinski definition) is 2. The number of nitrogens with one attached hydrogen (secondary N) is 2. The Kier molecular flexibility index (Phi) is 9.14. The molecule has 6 rings (SSSR count). The first-order chi connectivity index (χ1) is 21.7. The Labute approximate surface area is 260 Å². The quantitative estimate of drug-likeness (QED) is 0.195. The summed E-state index contributed by atoms with van der Waals surface area (Å²) in [6.07, 6.45) is 1.13. The summed E-state index contributed by atoms with van der Waals surface area (Å²) < 4.78 is 53.8. The number of alkyl halides is 3. The minimum Gasteiger partial charge on any atom is -0.360 e. The van der Waals surface area contributed by atoms with Gasteiger partial charge in [0.05, 0.1) is 22.8 Å². The summed E-state index contributed by atoms with van der Waals surface area (Å²) in [4.78, 5) is 5.00. The lowest BCUT2D eigenvalue weighted by Crippen LogP contribution is -2.34. The molecule has 45 heavy (non-hydrogen) atoms. The Morgan fingerprint density at radius 2 is 1.56 bits per heavy atom. The molecule has 0 saturated carbocycles. The van der Waals surface area contributed by atoms with E-state index in [9.17, 15) is 13.2 Å². The second-order valence-corrected chi connectivity index (χ2v) is 11.5. The molecule has 0 aliphatic carbocycles. The van der Waals surface area contributed by atoms with Crippen LogP contribution in [0.3, 0.4) is 0 Å². The molecule has 2 fully saturated rings. The van der Waals surface area contributed by atoms with Gasteiger partial charge in [-0.1, -0.05) is 42.5 Å². The summed E-state index contributed by atoms with van der Waals surface area (Å²) in [5.41, 5.74) is 5.32. The van der Waals surface area contributed by atoms with Crippen LogP contribution in [-0.2, 0) is 9.47 Å². The van der Waals surface area contributed by atoms with Gasteiger partial charge in [0, 0.05) is 24.5 Å². The van der Waals surface area contributed by atoms with E-state index in [1.54, 1.807) is 6.07 Å². The molecule has 234 valence electrons. The van der Waals surface area contributed by atoms with Crippen molar-refractivity contribution in [3.8, 4) is 33.8 Å². The van der Waals surface area contributed by atoms with Crippen molar-refractivity contribution in [1.82, 2.24) is 20.1 Å². The molecule has 7 nitrogen and oxygen atoms in total. The van der Waals surface area contributed by atoms with Crippen molar-refractivity contribution < 1.29 is 22.6 Å². The highest BCUT2D eigenvalue weighted by atomic mass is 19.4. The lowest BCUT2D eigenvalue weighted by atomic mass is 9.98. The highest BCUT2D eigenvalue weighted by molar-refractivity contribution is 6.02. The Hall–Kier alpha value is -4.28. The van der Waals surface area contributed by atoms with Crippen LogP contribution in [0.15, 0.2) is 78.9 Å². The standard InChI is InChI=1S/C35H36F3N5O2/c1-23-19-31(43(42-23)34-16-3-5-18-45-34)29-14-8-13-28(40-29)26-11-6-9-24(20-26)25-10-7-12-27(21-25)30(22-32(39)35(36,37)38)41-33-15-2-4-17-44-33/h6-14,19-22,33-34,39,41H,2-5,15-18H2,1H3/b30-22-,39-32?. The van der Waals surface area contributed by atoms with E-state index in [1.807, 2.05) is 78.3 Å². The fourth-order valence-electron chi connectivity index (χ4n) is 5.77. The number of halogens is 3. The predicted molar refractivity (Wildman–Crippen MR) is 168 cm³/mol. The van der Waals surface area contributed by atoms with E-state index < -0.39 is 18.1 Å². The summed E-state index contributed by atoms with van der Waals surface area (Å²) in [5, 5.41) is 15.5. The molecular formula is C35H36F3N5O2. The van der Waals surface area contributed by atoms with E-state index in [0.717, 1.165) is 84.3 Å². The first-order valence-electron chi connectivity index (χ1n) is 15.4. The van der Waals surface area contributed by atoms with Crippen molar-refractivity contribution in [2.45, 2.75) is 64.1 Å². The highest BCUT2D eigenvalue weighted by Crippen LogP contribution is 2.32. The number of aryl methyl sites for hydroxylation is 1. The van der Waals surface area contributed by atoms with E-state index in [2.05, 4.69) is 5.32 Å². The molecule has 0 amide bonds. The monoisotopic (exact) mass is 615 g/mol.